The molecule has 0 aliphatic heterocycles. The van der Waals surface area contributed by atoms with E-state index in [4.69, 9.17) is 5.26 Å². The van der Waals surface area contributed by atoms with Gasteiger partial charge in [0.05, 0.1) is 11.7 Å². The Hall–Kier alpha value is -2.02. The molecule has 0 N–H and O–H groups in total. The summed E-state index contributed by atoms with van der Waals surface area (Å²) in [4.78, 5) is 11.8. The first-order chi connectivity index (χ1) is 5.90. The third kappa shape index (κ3) is 0.974. The Morgan fingerprint density at radius 2 is 2.17 bits per heavy atom. The van der Waals surface area contributed by atoms with Crippen molar-refractivity contribution in [2.24, 2.45) is 0 Å². The van der Waals surface area contributed by atoms with Gasteiger partial charge in [-0.2, -0.15) is 5.26 Å². The Bertz CT molecular complexity index is 458. The SMILES string of the molecule is N#Cc1ncc2ncccc2n1. The minimum absolute atomic E-state index is 0.176. The summed E-state index contributed by atoms with van der Waals surface area (Å²) in [7, 11) is 0. The lowest BCUT2D eigenvalue weighted by atomic mass is 10.4. The summed E-state index contributed by atoms with van der Waals surface area (Å²) < 4.78 is 0. The summed E-state index contributed by atoms with van der Waals surface area (Å²) in [5, 5.41) is 8.50. The standard InChI is InChI=1S/C8H4N4/c9-4-8-11-5-7-6(12-8)2-1-3-10-7/h1-3,5H. The van der Waals surface area contributed by atoms with Crippen molar-refractivity contribution in [3.63, 3.8) is 0 Å². The number of fused-ring (bicyclic) bond motifs is 1. The number of hydrogen-bond donors (Lipinski definition) is 0. The first-order valence-electron chi connectivity index (χ1n) is 3.38. The Kier molecular flexibility index (Phi) is 1.42. The second-order valence-electron chi connectivity index (χ2n) is 2.21. The number of hydrogen-bond acceptors (Lipinski definition) is 4. The lowest BCUT2D eigenvalue weighted by molar-refractivity contribution is 1.14. The van der Waals surface area contributed by atoms with E-state index in [0.717, 1.165) is 0 Å². The highest BCUT2D eigenvalue weighted by Crippen LogP contribution is 2.04. The van der Waals surface area contributed by atoms with Crippen molar-refractivity contribution in [3.8, 4) is 6.07 Å². The van der Waals surface area contributed by atoms with E-state index in [-0.39, 0.29) is 5.82 Å². The van der Waals surface area contributed by atoms with Crippen molar-refractivity contribution in [3.05, 3.63) is 30.4 Å². The fraction of sp³-hybridized carbons (Fsp3) is 0. The maximum absolute atomic E-state index is 8.50. The van der Waals surface area contributed by atoms with Crippen LogP contribution in [0.5, 0.6) is 0 Å². The van der Waals surface area contributed by atoms with Gasteiger partial charge in [-0.25, -0.2) is 9.97 Å². The molecule has 0 bridgehead atoms. The number of nitriles is 1. The normalized spacial score (nSPS) is 9.58. The molecule has 4 nitrogen and oxygen atoms in total. The van der Waals surface area contributed by atoms with Gasteiger partial charge >= 0.3 is 0 Å². The molecule has 2 rings (SSSR count). The summed E-state index contributed by atoms with van der Waals surface area (Å²) >= 11 is 0. The molecule has 56 valence electrons. The highest BCUT2D eigenvalue weighted by molar-refractivity contribution is 5.72. The quantitative estimate of drug-likeness (QED) is 0.568. The van der Waals surface area contributed by atoms with Gasteiger partial charge in [-0.15, -0.1) is 0 Å². The second kappa shape index (κ2) is 2.55. The van der Waals surface area contributed by atoms with Crippen molar-refractivity contribution in [2.75, 3.05) is 0 Å². The van der Waals surface area contributed by atoms with Gasteiger partial charge in [-0.05, 0) is 12.1 Å². The summed E-state index contributed by atoms with van der Waals surface area (Å²) in [6.45, 7) is 0. The summed E-state index contributed by atoms with van der Waals surface area (Å²) in [5.74, 6) is 0.176. The molecule has 0 radical (unpaired) electrons. The first kappa shape index (κ1) is 6.68. The third-order valence-electron chi connectivity index (χ3n) is 1.45. The molecule has 2 aromatic heterocycles. The molecular formula is C8H4N4. The van der Waals surface area contributed by atoms with Crippen molar-refractivity contribution >= 4 is 11.0 Å². The Labute approximate surface area is 68.5 Å². The summed E-state index contributed by atoms with van der Waals surface area (Å²) in [6.07, 6.45) is 3.21. The molecule has 0 saturated heterocycles. The van der Waals surface area contributed by atoms with Crippen molar-refractivity contribution < 1.29 is 0 Å². The number of nitrogens with zero attached hydrogens (tertiary/aromatic N) is 4. The van der Waals surface area contributed by atoms with Gasteiger partial charge in [-0.1, -0.05) is 0 Å². The van der Waals surface area contributed by atoms with Gasteiger partial charge in [0.2, 0.25) is 5.82 Å². The second-order valence-corrected chi connectivity index (χ2v) is 2.21. The number of pyridine rings is 1. The van der Waals surface area contributed by atoms with Crippen LogP contribution in [-0.2, 0) is 0 Å². The van der Waals surface area contributed by atoms with E-state index < -0.39 is 0 Å². The highest BCUT2D eigenvalue weighted by Gasteiger charge is 1.96. The van der Waals surface area contributed by atoms with Gasteiger partial charge in [-0.3, -0.25) is 4.98 Å². The molecular weight excluding hydrogens is 152 g/mol. The predicted octanol–water partition coefficient (Wildman–Crippen LogP) is 0.896. The van der Waals surface area contributed by atoms with Crippen LogP contribution < -0.4 is 0 Å². The van der Waals surface area contributed by atoms with E-state index in [0.29, 0.717) is 11.0 Å². The van der Waals surface area contributed by atoms with Crippen molar-refractivity contribution in [1.82, 2.24) is 15.0 Å². The Balaban J connectivity index is 2.78. The molecule has 0 atom stereocenters. The topological polar surface area (TPSA) is 62.5 Å². The first-order valence-corrected chi connectivity index (χ1v) is 3.38. The van der Waals surface area contributed by atoms with Gasteiger partial charge < -0.3 is 0 Å². The van der Waals surface area contributed by atoms with Gasteiger partial charge in [0.25, 0.3) is 0 Å². The molecule has 2 aromatic rings. The molecule has 12 heavy (non-hydrogen) atoms. The fourth-order valence-electron chi connectivity index (χ4n) is 0.922. The summed E-state index contributed by atoms with van der Waals surface area (Å²) in [5.41, 5.74) is 1.40. The zero-order valence-electron chi connectivity index (χ0n) is 6.10. The highest BCUT2D eigenvalue weighted by atomic mass is 14.9. The van der Waals surface area contributed by atoms with E-state index in [2.05, 4.69) is 15.0 Å². The van der Waals surface area contributed by atoms with Gasteiger partial charge in [0, 0.05) is 6.20 Å². The van der Waals surface area contributed by atoms with Crippen LogP contribution in [0.15, 0.2) is 24.5 Å². The Morgan fingerprint density at radius 1 is 1.25 bits per heavy atom. The van der Waals surface area contributed by atoms with Crippen LogP contribution in [-0.4, -0.2) is 15.0 Å². The van der Waals surface area contributed by atoms with Crippen molar-refractivity contribution in [1.29, 1.82) is 5.26 Å². The monoisotopic (exact) mass is 156 g/mol. The van der Waals surface area contributed by atoms with E-state index >= 15 is 0 Å². The lowest BCUT2D eigenvalue weighted by Gasteiger charge is -1.92. The zero-order valence-corrected chi connectivity index (χ0v) is 6.10. The molecule has 0 amide bonds. The van der Waals surface area contributed by atoms with E-state index in [1.165, 1.54) is 0 Å². The van der Waals surface area contributed by atoms with Crippen LogP contribution in [0.25, 0.3) is 11.0 Å². The average molecular weight is 156 g/mol. The van der Waals surface area contributed by atoms with E-state index in [1.54, 1.807) is 24.5 Å². The van der Waals surface area contributed by atoms with Crippen LogP contribution in [0.4, 0.5) is 0 Å². The minimum Gasteiger partial charge on any atom is -0.253 e. The molecule has 0 aliphatic carbocycles. The fourth-order valence-corrected chi connectivity index (χ4v) is 0.922. The smallest absolute Gasteiger partial charge is 0.232 e. The largest absolute Gasteiger partial charge is 0.253 e. The van der Waals surface area contributed by atoms with Crippen LogP contribution in [0, 0.1) is 11.3 Å². The Morgan fingerprint density at radius 3 is 3.00 bits per heavy atom. The molecule has 0 saturated carbocycles. The molecule has 0 spiro atoms. The van der Waals surface area contributed by atoms with Crippen LogP contribution in [0.2, 0.25) is 0 Å². The molecule has 0 fully saturated rings. The predicted molar refractivity (Wildman–Crippen MR) is 42.0 cm³/mol. The number of aromatic nitrogens is 3. The third-order valence-corrected chi connectivity index (χ3v) is 1.45. The van der Waals surface area contributed by atoms with Crippen LogP contribution in [0.3, 0.4) is 0 Å². The lowest BCUT2D eigenvalue weighted by Crippen LogP contribution is -1.89. The van der Waals surface area contributed by atoms with E-state index in [1.807, 2.05) is 6.07 Å². The van der Waals surface area contributed by atoms with Crippen LogP contribution in [0.1, 0.15) is 5.82 Å². The molecule has 4 heteroatoms. The van der Waals surface area contributed by atoms with Crippen molar-refractivity contribution in [2.45, 2.75) is 0 Å². The van der Waals surface area contributed by atoms with Gasteiger partial charge in [0.1, 0.15) is 11.6 Å². The molecule has 0 unspecified atom stereocenters. The van der Waals surface area contributed by atoms with Gasteiger partial charge in [0.15, 0.2) is 0 Å². The number of rotatable bonds is 0. The van der Waals surface area contributed by atoms with Crippen LogP contribution >= 0.6 is 0 Å². The van der Waals surface area contributed by atoms with E-state index in [9.17, 15) is 0 Å². The molecule has 0 aliphatic rings. The zero-order chi connectivity index (χ0) is 8.39. The maximum atomic E-state index is 8.50. The molecule has 2 heterocycles. The summed E-state index contributed by atoms with van der Waals surface area (Å²) in [6, 6.07) is 5.44. The maximum Gasteiger partial charge on any atom is 0.232 e. The average Bonchev–Trinajstić information content (AvgIpc) is 2.17. The minimum atomic E-state index is 0.176. The molecule has 0 aromatic carbocycles.